The molecule has 0 bridgehead atoms. The second kappa shape index (κ2) is 8.97. The van der Waals surface area contributed by atoms with Crippen LogP contribution >= 0.6 is 0 Å². The number of carbonyl (C=O) groups excluding carboxylic acids is 1. The zero-order valence-electron chi connectivity index (χ0n) is 15.9. The first kappa shape index (κ1) is 19.4. The first-order valence-corrected chi connectivity index (χ1v) is 9.28. The van der Waals surface area contributed by atoms with E-state index in [2.05, 4.69) is 0 Å². The third kappa shape index (κ3) is 6.85. The highest BCUT2D eigenvalue weighted by Crippen LogP contribution is 2.27. The Bertz CT molecular complexity index is 547. The summed E-state index contributed by atoms with van der Waals surface area (Å²) in [7, 11) is 0. The minimum absolute atomic E-state index is 0.460. The van der Waals surface area contributed by atoms with Crippen LogP contribution in [0.1, 0.15) is 59.8 Å². The van der Waals surface area contributed by atoms with E-state index >= 15 is 0 Å². The summed E-state index contributed by atoms with van der Waals surface area (Å²) in [5.41, 5.74) is -0.557. The molecule has 0 spiro atoms. The Morgan fingerprint density at radius 1 is 1.20 bits per heavy atom. The molecule has 0 aliphatic heterocycles. The Balaban J connectivity index is 1.95. The first-order chi connectivity index (χ1) is 11.9. The summed E-state index contributed by atoms with van der Waals surface area (Å²) in [4.78, 5) is 18.0. The molecule has 1 aliphatic carbocycles. The van der Waals surface area contributed by atoms with Crippen molar-refractivity contribution in [1.82, 2.24) is 5.06 Å². The number of ether oxygens (including phenoxy) is 2. The van der Waals surface area contributed by atoms with Crippen LogP contribution in [-0.4, -0.2) is 29.9 Å². The molecule has 140 valence electrons. The molecule has 0 radical (unpaired) electrons. The summed E-state index contributed by atoms with van der Waals surface area (Å²) in [6.45, 7) is 8.71. The van der Waals surface area contributed by atoms with E-state index in [1.165, 1.54) is 30.7 Å². The van der Waals surface area contributed by atoms with Gasteiger partial charge in [0.05, 0.1) is 13.2 Å². The monoisotopic (exact) mass is 349 g/mol. The third-order valence-electron chi connectivity index (χ3n) is 4.01. The van der Waals surface area contributed by atoms with Gasteiger partial charge in [0.1, 0.15) is 11.4 Å². The lowest BCUT2D eigenvalue weighted by molar-refractivity contribution is -0.0723. The van der Waals surface area contributed by atoms with Crippen molar-refractivity contribution in [3.8, 4) is 11.5 Å². The summed E-state index contributed by atoms with van der Waals surface area (Å²) in [6.07, 6.45) is 5.40. The molecule has 0 saturated heterocycles. The summed E-state index contributed by atoms with van der Waals surface area (Å²) < 4.78 is 11.3. The van der Waals surface area contributed by atoms with Crippen molar-refractivity contribution in [2.75, 3.05) is 13.2 Å². The van der Waals surface area contributed by atoms with Crippen LogP contribution in [0.25, 0.3) is 0 Å². The Morgan fingerprint density at radius 3 is 2.52 bits per heavy atom. The van der Waals surface area contributed by atoms with E-state index in [9.17, 15) is 4.79 Å². The average Bonchev–Trinajstić information content (AvgIpc) is 3.05. The van der Waals surface area contributed by atoms with Crippen molar-refractivity contribution in [2.24, 2.45) is 5.92 Å². The minimum Gasteiger partial charge on any atom is -0.493 e. The predicted molar refractivity (Wildman–Crippen MR) is 97.8 cm³/mol. The number of nitrogens with zero attached hydrogens (tertiary/aromatic N) is 1. The summed E-state index contributed by atoms with van der Waals surface area (Å²) in [5, 5.41) is 1.27. The Kier molecular flexibility index (Phi) is 6.97. The number of carbonyl (C=O) groups is 1. The molecule has 0 unspecified atom stereocenters. The second-order valence-electron chi connectivity index (χ2n) is 7.61. The molecule has 1 fully saturated rings. The lowest BCUT2D eigenvalue weighted by Crippen LogP contribution is -2.39. The van der Waals surface area contributed by atoms with Gasteiger partial charge in [-0.2, -0.15) is 0 Å². The van der Waals surface area contributed by atoms with Gasteiger partial charge >= 0.3 is 6.09 Å². The van der Waals surface area contributed by atoms with Gasteiger partial charge in [-0.3, -0.25) is 0 Å². The molecule has 1 aromatic carbocycles. The van der Waals surface area contributed by atoms with E-state index in [-0.39, 0.29) is 0 Å². The van der Waals surface area contributed by atoms with Gasteiger partial charge in [-0.05, 0) is 58.1 Å². The first-order valence-electron chi connectivity index (χ1n) is 9.28. The fourth-order valence-corrected chi connectivity index (χ4v) is 2.83. The highest BCUT2D eigenvalue weighted by Gasteiger charge is 2.23. The highest BCUT2D eigenvalue weighted by atomic mass is 16.7. The van der Waals surface area contributed by atoms with Gasteiger partial charge in [-0.1, -0.05) is 25.8 Å². The fraction of sp³-hybridized carbons (Fsp3) is 0.650. The number of benzene rings is 1. The normalized spacial score (nSPS) is 15.0. The zero-order chi connectivity index (χ0) is 18.3. The van der Waals surface area contributed by atoms with E-state index < -0.39 is 11.7 Å². The second-order valence-corrected chi connectivity index (χ2v) is 7.61. The fourth-order valence-electron chi connectivity index (χ4n) is 2.83. The van der Waals surface area contributed by atoms with Crippen LogP contribution in [0.3, 0.4) is 0 Å². The number of rotatable bonds is 7. The molecule has 0 atom stereocenters. The molecule has 1 aromatic rings. The number of amides is 1. The lowest BCUT2D eigenvalue weighted by Gasteiger charge is -2.26. The third-order valence-corrected chi connectivity index (χ3v) is 4.01. The maximum Gasteiger partial charge on any atom is 0.443 e. The average molecular weight is 349 g/mol. The van der Waals surface area contributed by atoms with Gasteiger partial charge in [0.25, 0.3) is 0 Å². The van der Waals surface area contributed by atoms with E-state index in [1.54, 1.807) is 0 Å². The molecule has 1 aliphatic rings. The molecule has 2 rings (SSSR count). The van der Waals surface area contributed by atoms with Crippen molar-refractivity contribution in [1.29, 1.82) is 0 Å². The zero-order valence-corrected chi connectivity index (χ0v) is 15.9. The van der Waals surface area contributed by atoms with Crippen LogP contribution in [0.2, 0.25) is 0 Å². The van der Waals surface area contributed by atoms with Crippen LogP contribution < -0.4 is 9.57 Å². The molecule has 1 saturated carbocycles. The Labute approximate surface area is 151 Å². The van der Waals surface area contributed by atoms with Crippen molar-refractivity contribution in [3.63, 3.8) is 0 Å². The van der Waals surface area contributed by atoms with Gasteiger partial charge in [-0.25, -0.2) is 4.79 Å². The molecule has 0 heterocycles. The van der Waals surface area contributed by atoms with Crippen molar-refractivity contribution >= 4 is 6.09 Å². The minimum atomic E-state index is -0.557. The SMILES string of the molecule is CCCN(Oc1cccc(OCC2CCCC2)c1)C(=O)OC(C)(C)C. The van der Waals surface area contributed by atoms with Gasteiger partial charge in [0.2, 0.25) is 0 Å². The summed E-state index contributed by atoms with van der Waals surface area (Å²) in [6, 6.07) is 7.43. The van der Waals surface area contributed by atoms with Crippen LogP contribution in [0.5, 0.6) is 11.5 Å². The van der Waals surface area contributed by atoms with Gasteiger partial charge in [0, 0.05) is 6.07 Å². The largest absolute Gasteiger partial charge is 0.493 e. The lowest BCUT2D eigenvalue weighted by atomic mass is 10.1. The topological polar surface area (TPSA) is 48.0 Å². The molecule has 0 N–H and O–H groups in total. The van der Waals surface area contributed by atoms with Crippen molar-refractivity contribution < 1.29 is 19.1 Å². The van der Waals surface area contributed by atoms with E-state index in [1.807, 2.05) is 52.0 Å². The summed E-state index contributed by atoms with van der Waals surface area (Å²) >= 11 is 0. The smallest absolute Gasteiger partial charge is 0.443 e. The predicted octanol–water partition coefficient (Wildman–Crippen LogP) is 5.20. The van der Waals surface area contributed by atoms with E-state index in [4.69, 9.17) is 14.3 Å². The maximum atomic E-state index is 12.3. The number of hydroxylamine groups is 2. The molecule has 5 heteroatoms. The summed E-state index contributed by atoms with van der Waals surface area (Å²) in [5.74, 6) is 2.00. The number of hydrogen-bond donors (Lipinski definition) is 0. The molecule has 5 nitrogen and oxygen atoms in total. The van der Waals surface area contributed by atoms with Gasteiger partial charge < -0.3 is 14.3 Å². The van der Waals surface area contributed by atoms with Crippen molar-refractivity contribution in [2.45, 2.75) is 65.4 Å². The molecule has 1 amide bonds. The van der Waals surface area contributed by atoms with E-state index in [0.717, 1.165) is 18.8 Å². The highest BCUT2D eigenvalue weighted by molar-refractivity contribution is 5.67. The molecule has 25 heavy (non-hydrogen) atoms. The molecule has 0 aromatic heterocycles. The molecular formula is C20H31NO4. The van der Waals surface area contributed by atoms with Gasteiger partial charge in [0.15, 0.2) is 5.75 Å². The van der Waals surface area contributed by atoms with Crippen molar-refractivity contribution in [3.05, 3.63) is 24.3 Å². The van der Waals surface area contributed by atoms with Crippen LogP contribution in [0.4, 0.5) is 4.79 Å². The maximum absolute atomic E-state index is 12.3. The van der Waals surface area contributed by atoms with Crippen LogP contribution in [0, 0.1) is 5.92 Å². The van der Waals surface area contributed by atoms with Crippen LogP contribution in [-0.2, 0) is 4.74 Å². The standard InChI is InChI=1S/C20H31NO4/c1-5-13-21(19(22)24-20(2,3)4)25-18-12-8-11-17(14-18)23-15-16-9-6-7-10-16/h8,11-12,14,16H,5-7,9-10,13,15H2,1-4H3. The Hall–Kier alpha value is -1.91. The quantitative estimate of drug-likeness (QED) is 0.635. The number of hydrogen-bond acceptors (Lipinski definition) is 4. The van der Waals surface area contributed by atoms with Crippen LogP contribution in [0.15, 0.2) is 24.3 Å². The molecular weight excluding hydrogens is 318 g/mol. The Morgan fingerprint density at radius 2 is 1.88 bits per heavy atom. The van der Waals surface area contributed by atoms with E-state index in [0.29, 0.717) is 18.2 Å². The van der Waals surface area contributed by atoms with Gasteiger partial charge in [-0.15, -0.1) is 5.06 Å².